The highest BCUT2D eigenvalue weighted by Crippen LogP contribution is 2.29. The van der Waals surface area contributed by atoms with Crippen molar-refractivity contribution >= 4 is 33.4 Å². The molecule has 31 heavy (non-hydrogen) atoms. The Kier molecular flexibility index (Phi) is 5.17. The van der Waals surface area contributed by atoms with Crippen molar-refractivity contribution in [2.24, 2.45) is 0 Å². The van der Waals surface area contributed by atoms with Gasteiger partial charge in [0.2, 0.25) is 17.7 Å². The predicted molar refractivity (Wildman–Crippen MR) is 113 cm³/mol. The van der Waals surface area contributed by atoms with Crippen LogP contribution in [0, 0.1) is 0 Å². The number of ether oxygens (including phenoxy) is 1. The van der Waals surface area contributed by atoms with Crippen molar-refractivity contribution in [1.29, 1.82) is 0 Å². The lowest BCUT2D eigenvalue weighted by Crippen LogP contribution is -2.38. The maximum absolute atomic E-state index is 12.1. The Bertz CT molecular complexity index is 1250. The molecule has 1 saturated heterocycles. The van der Waals surface area contributed by atoms with E-state index >= 15 is 0 Å². The van der Waals surface area contributed by atoms with Gasteiger partial charge in [-0.15, -0.1) is 21.5 Å². The third-order valence-corrected chi connectivity index (χ3v) is 5.95. The molecule has 8 nitrogen and oxygen atoms in total. The van der Waals surface area contributed by atoms with E-state index in [2.05, 4.69) is 44.8 Å². The zero-order chi connectivity index (χ0) is 21.2. The van der Waals surface area contributed by atoms with Crippen molar-refractivity contribution in [1.82, 2.24) is 20.5 Å². The Balaban J connectivity index is 1.25. The van der Waals surface area contributed by atoms with E-state index in [-0.39, 0.29) is 18.2 Å². The van der Waals surface area contributed by atoms with E-state index in [0.29, 0.717) is 25.3 Å². The molecule has 1 fully saturated rings. The maximum atomic E-state index is 12.1. The number of aromatic nitrogens is 3. The molecule has 156 valence electrons. The number of hydrogen-bond acceptors (Lipinski definition) is 8. The smallest absolute Gasteiger partial charge is 0.328 e. The Morgan fingerprint density at radius 2 is 1.94 bits per heavy atom. The van der Waals surface area contributed by atoms with Crippen LogP contribution in [-0.2, 0) is 27.2 Å². The van der Waals surface area contributed by atoms with Crippen LogP contribution in [0.15, 0.2) is 52.9 Å². The summed E-state index contributed by atoms with van der Waals surface area (Å²) < 4.78 is 11.5. The van der Waals surface area contributed by atoms with Crippen molar-refractivity contribution in [3.05, 3.63) is 65.3 Å². The maximum Gasteiger partial charge on any atom is 0.328 e. The van der Waals surface area contributed by atoms with Crippen LogP contribution in [0.5, 0.6) is 0 Å². The van der Waals surface area contributed by atoms with Crippen LogP contribution >= 0.6 is 11.3 Å². The summed E-state index contributed by atoms with van der Waals surface area (Å²) in [5.74, 6) is -0.171. The molecule has 4 aromatic rings. The lowest BCUT2D eigenvalue weighted by molar-refractivity contribution is -0.141. The van der Waals surface area contributed by atoms with Crippen molar-refractivity contribution in [2.45, 2.75) is 25.3 Å². The van der Waals surface area contributed by atoms with E-state index in [1.807, 2.05) is 24.3 Å². The summed E-state index contributed by atoms with van der Waals surface area (Å²) in [6.45, 7) is 0.323. The Morgan fingerprint density at radius 1 is 1.10 bits per heavy atom. The first-order chi connectivity index (χ1) is 15.1. The highest BCUT2D eigenvalue weighted by atomic mass is 32.1. The fourth-order valence-corrected chi connectivity index (χ4v) is 4.43. The van der Waals surface area contributed by atoms with Crippen molar-refractivity contribution in [3.8, 4) is 11.1 Å². The molecule has 2 aromatic heterocycles. The van der Waals surface area contributed by atoms with Gasteiger partial charge in [-0.1, -0.05) is 36.4 Å². The normalized spacial score (nSPS) is 15.9. The second-order valence-corrected chi connectivity index (χ2v) is 8.29. The number of esters is 1. The van der Waals surface area contributed by atoms with Gasteiger partial charge in [0.15, 0.2) is 0 Å². The summed E-state index contributed by atoms with van der Waals surface area (Å²) in [5, 5.41) is 11.4. The van der Waals surface area contributed by atoms with Gasteiger partial charge in [0.1, 0.15) is 17.5 Å². The van der Waals surface area contributed by atoms with Crippen LogP contribution in [0.25, 0.3) is 21.3 Å². The molecule has 0 aliphatic carbocycles. The molecule has 3 heterocycles. The number of nitrogens with one attached hydrogen (secondary N) is 1. The third-order valence-electron chi connectivity index (χ3n) is 4.93. The molecule has 9 heteroatoms. The number of carbonyl (C=O) groups is 2. The summed E-state index contributed by atoms with van der Waals surface area (Å²) in [6.07, 6.45) is 0.782. The molecule has 0 radical (unpaired) electrons. The number of fused-ring (bicyclic) bond motifs is 1. The molecule has 2 aromatic carbocycles. The van der Waals surface area contributed by atoms with E-state index in [1.165, 1.54) is 0 Å². The van der Waals surface area contributed by atoms with Crippen molar-refractivity contribution in [3.63, 3.8) is 0 Å². The van der Waals surface area contributed by atoms with E-state index in [9.17, 15) is 9.59 Å². The monoisotopic (exact) mass is 434 g/mol. The quantitative estimate of drug-likeness (QED) is 0.465. The fraction of sp³-hybridized carbons (Fsp3) is 0.227. The van der Waals surface area contributed by atoms with Gasteiger partial charge in [-0.05, 0) is 23.3 Å². The zero-order valence-corrected chi connectivity index (χ0v) is 17.2. The van der Waals surface area contributed by atoms with Gasteiger partial charge in [0, 0.05) is 6.42 Å². The molecule has 1 aliphatic rings. The van der Waals surface area contributed by atoms with Gasteiger partial charge >= 0.3 is 5.97 Å². The first-order valence-electron chi connectivity index (χ1n) is 9.86. The molecule has 1 N–H and O–H groups in total. The van der Waals surface area contributed by atoms with E-state index in [0.717, 1.165) is 26.4 Å². The summed E-state index contributed by atoms with van der Waals surface area (Å²) in [7, 11) is 0. The fourth-order valence-electron chi connectivity index (χ4n) is 3.43. The number of hydrogen-bond donors (Lipinski definition) is 1. The Morgan fingerprint density at radius 3 is 2.74 bits per heavy atom. The standard InChI is InChI=1S/C22H18N4O4S/c27-18(23-16-8-9-29-22(16)28)11-19-25-26-20(30-19)12-21-24-15-7-6-14(10-17(15)31-21)13-4-2-1-3-5-13/h1-7,10,16H,8-9,11-12H2,(H,23,27). The highest BCUT2D eigenvalue weighted by molar-refractivity contribution is 7.18. The molecule has 1 amide bonds. The van der Waals surface area contributed by atoms with Gasteiger partial charge in [-0.3, -0.25) is 4.79 Å². The molecule has 0 spiro atoms. The van der Waals surface area contributed by atoms with Gasteiger partial charge < -0.3 is 14.5 Å². The minimum Gasteiger partial charge on any atom is -0.464 e. The second kappa shape index (κ2) is 8.27. The number of amides is 1. The molecule has 5 rings (SSSR count). The number of carbonyl (C=O) groups excluding carboxylic acids is 2. The van der Waals surface area contributed by atoms with Crippen LogP contribution in [0.3, 0.4) is 0 Å². The summed E-state index contributed by atoms with van der Waals surface area (Å²) in [4.78, 5) is 28.2. The summed E-state index contributed by atoms with van der Waals surface area (Å²) in [6, 6.07) is 15.8. The second-order valence-electron chi connectivity index (χ2n) is 7.18. The van der Waals surface area contributed by atoms with Gasteiger partial charge in [-0.2, -0.15) is 0 Å². The van der Waals surface area contributed by atoms with E-state index in [4.69, 9.17) is 9.15 Å². The topological polar surface area (TPSA) is 107 Å². The molecular weight excluding hydrogens is 416 g/mol. The van der Waals surface area contributed by atoms with Crippen LogP contribution in [0.4, 0.5) is 0 Å². The van der Waals surface area contributed by atoms with E-state index < -0.39 is 12.0 Å². The predicted octanol–water partition coefficient (Wildman–Crippen LogP) is 2.91. The molecular formula is C22H18N4O4S. The van der Waals surface area contributed by atoms with Crippen LogP contribution in [0.1, 0.15) is 23.2 Å². The average molecular weight is 434 g/mol. The Labute approximate surface area is 181 Å². The van der Waals surface area contributed by atoms with Gasteiger partial charge in [-0.25, -0.2) is 9.78 Å². The number of rotatable bonds is 6. The number of nitrogens with zero attached hydrogens (tertiary/aromatic N) is 3. The number of benzene rings is 2. The number of cyclic esters (lactones) is 1. The molecule has 0 saturated carbocycles. The van der Waals surface area contributed by atoms with E-state index in [1.54, 1.807) is 11.3 Å². The van der Waals surface area contributed by atoms with Crippen LogP contribution in [-0.4, -0.2) is 39.7 Å². The molecule has 1 atom stereocenters. The highest BCUT2D eigenvalue weighted by Gasteiger charge is 2.28. The minimum absolute atomic E-state index is 0.0862. The lowest BCUT2D eigenvalue weighted by Gasteiger charge is -2.06. The molecule has 1 unspecified atom stereocenters. The molecule has 0 bridgehead atoms. The minimum atomic E-state index is -0.599. The summed E-state index contributed by atoms with van der Waals surface area (Å²) in [5.41, 5.74) is 3.22. The van der Waals surface area contributed by atoms with Crippen LogP contribution in [0.2, 0.25) is 0 Å². The van der Waals surface area contributed by atoms with Gasteiger partial charge in [0.25, 0.3) is 0 Å². The third kappa shape index (κ3) is 4.31. The number of thiazole rings is 1. The zero-order valence-electron chi connectivity index (χ0n) is 16.4. The van der Waals surface area contributed by atoms with Crippen molar-refractivity contribution < 1.29 is 18.7 Å². The summed E-state index contributed by atoms with van der Waals surface area (Å²) >= 11 is 1.58. The average Bonchev–Trinajstić information content (AvgIpc) is 3.49. The van der Waals surface area contributed by atoms with Gasteiger partial charge in [0.05, 0.1) is 23.2 Å². The Hall–Kier alpha value is -3.59. The van der Waals surface area contributed by atoms with Crippen molar-refractivity contribution in [2.75, 3.05) is 6.61 Å². The first kappa shape index (κ1) is 19.4. The first-order valence-corrected chi connectivity index (χ1v) is 10.7. The van der Waals surface area contributed by atoms with Crippen LogP contribution < -0.4 is 5.32 Å². The largest absolute Gasteiger partial charge is 0.464 e. The lowest BCUT2D eigenvalue weighted by atomic mass is 10.1. The molecule has 1 aliphatic heterocycles. The SMILES string of the molecule is O=C(Cc1nnc(Cc2nc3ccc(-c4ccccc4)cc3s2)o1)NC1CCOC1=O.